The molecule has 2 aliphatic heterocycles. The smallest absolute Gasteiger partial charge is 0.237 e. The van der Waals surface area contributed by atoms with Gasteiger partial charge in [0.25, 0.3) is 0 Å². The third-order valence-electron chi connectivity index (χ3n) is 5.77. The van der Waals surface area contributed by atoms with Crippen molar-refractivity contribution in [2.24, 2.45) is 0 Å². The minimum Gasteiger partial charge on any atom is -0.353 e. The minimum absolute atomic E-state index is 0.0258. The number of anilines is 1. The topological polar surface area (TPSA) is 81.7 Å². The number of carbonyl (C=O) groups excluding carboxylic acids is 2. The van der Waals surface area contributed by atoms with E-state index in [0.717, 1.165) is 17.9 Å². The van der Waals surface area contributed by atoms with E-state index in [1.165, 1.54) is 0 Å². The Labute approximate surface area is 182 Å². The number of hydrogen-bond donors (Lipinski definition) is 1. The van der Waals surface area contributed by atoms with Crippen LogP contribution in [0.15, 0.2) is 55.0 Å². The Balaban J connectivity index is 1.32. The Bertz CT molecular complexity index is 897. The number of aromatic nitrogens is 2. The third kappa shape index (κ3) is 5.46. The molecular weight excluding hydrogens is 392 g/mol. The fourth-order valence-corrected chi connectivity index (χ4v) is 4.02. The highest BCUT2D eigenvalue weighted by molar-refractivity contribution is 5.89. The molecule has 2 aromatic rings. The Morgan fingerprint density at radius 3 is 2.65 bits per heavy atom. The SMILES string of the molecule is O=C1NCCN(CC=Cc2ccccc2)C1CC(=O)N1CCN(c2cnccn2)CC1. The van der Waals surface area contributed by atoms with E-state index in [4.69, 9.17) is 0 Å². The number of nitrogens with one attached hydrogen (secondary N) is 1. The molecule has 162 valence electrons. The van der Waals surface area contributed by atoms with Gasteiger partial charge in [-0.25, -0.2) is 4.98 Å². The molecule has 2 amide bonds. The lowest BCUT2D eigenvalue weighted by atomic mass is 10.1. The summed E-state index contributed by atoms with van der Waals surface area (Å²) < 4.78 is 0. The van der Waals surface area contributed by atoms with Crippen LogP contribution in [-0.2, 0) is 9.59 Å². The van der Waals surface area contributed by atoms with E-state index in [1.54, 1.807) is 18.6 Å². The summed E-state index contributed by atoms with van der Waals surface area (Å²) in [5.41, 5.74) is 1.12. The highest BCUT2D eigenvalue weighted by atomic mass is 16.2. The van der Waals surface area contributed by atoms with Crippen LogP contribution in [0.25, 0.3) is 6.08 Å². The number of piperazine rings is 2. The van der Waals surface area contributed by atoms with Gasteiger partial charge in [0.1, 0.15) is 5.82 Å². The highest BCUT2D eigenvalue weighted by Gasteiger charge is 2.33. The molecule has 8 heteroatoms. The Kier molecular flexibility index (Phi) is 6.89. The van der Waals surface area contributed by atoms with Crippen molar-refractivity contribution in [3.8, 4) is 0 Å². The predicted molar refractivity (Wildman–Crippen MR) is 119 cm³/mol. The van der Waals surface area contributed by atoms with Crippen LogP contribution < -0.4 is 10.2 Å². The molecule has 31 heavy (non-hydrogen) atoms. The molecule has 2 fully saturated rings. The van der Waals surface area contributed by atoms with Gasteiger partial charge in [-0.3, -0.25) is 19.5 Å². The van der Waals surface area contributed by atoms with Gasteiger partial charge in [-0.15, -0.1) is 0 Å². The number of nitrogens with zero attached hydrogens (tertiary/aromatic N) is 5. The summed E-state index contributed by atoms with van der Waals surface area (Å²) in [5.74, 6) is 0.793. The van der Waals surface area contributed by atoms with Crippen LogP contribution in [0.1, 0.15) is 12.0 Å². The zero-order chi connectivity index (χ0) is 21.5. The van der Waals surface area contributed by atoms with Gasteiger partial charge in [0.15, 0.2) is 0 Å². The first-order valence-corrected chi connectivity index (χ1v) is 10.7. The van der Waals surface area contributed by atoms with Crippen molar-refractivity contribution >= 4 is 23.7 Å². The second kappa shape index (κ2) is 10.2. The van der Waals surface area contributed by atoms with Gasteiger partial charge >= 0.3 is 0 Å². The van der Waals surface area contributed by atoms with Gasteiger partial charge in [-0.2, -0.15) is 0 Å². The predicted octanol–water partition coefficient (Wildman–Crippen LogP) is 1.03. The molecule has 4 rings (SSSR count). The molecule has 0 saturated carbocycles. The summed E-state index contributed by atoms with van der Waals surface area (Å²) in [6, 6.07) is 9.64. The Hall–Kier alpha value is -3.26. The summed E-state index contributed by atoms with van der Waals surface area (Å²) in [7, 11) is 0. The summed E-state index contributed by atoms with van der Waals surface area (Å²) in [6.07, 6.45) is 9.39. The fourth-order valence-electron chi connectivity index (χ4n) is 4.02. The average Bonchev–Trinajstić information content (AvgIpc) is 2.82. The van der Waals surface area contributed by atoms with E-state index in [9.17, 15) is 9.59 Å². The molecule has 8 nitrogen and oxygen atoms in total. The van der Waals surface area contributed by atoms with Crippen LogP contribution in [0.3, 0.4) is 0 Å². The highest BCUT2D eigenvalue weighted by Crippen LogP contribution is 2.15. The summed E-state index contributed by atoms with van der Waals surface area (Å²) in [5, 5.41) is 2.91. The Morgan fingerprint density at radius 2 is 1.90 bits per heavy atom. The molecule has 0 radical (unpaired) electrons. The van der Waals surface area contributed by atoms with Crippen LogP contribution in [-0.4, -0.2) is 83.4 Å². The standard InChI is InChI=1S/C23H28N6O2/c30-22(29-15-13-28(14-16-29)21-18-24-8-9-25-21)17-20-23(31)26-10-12-27(20)11-4-7-19-5-2-1-3-6-19/h1-9,18,20H,10-17H2,(H,26,31). The third-order valence-corrected chi connectivity index (χ3v) is 5.77. The van der Waals surface area contributed by atoms with E-state index in [0.29, 0.717) is 39.3 Å². The van der Waals surface area contributed by atoms with Gasteiger partial charge in [0, 0.05) is 58.2 Å². The Morgan fingerprint density at radius 1 is 1.10 bits per heavy atom. The second-order valence-corrected chi connectivity index (χ2v) is 7.75. The number of hydrogen-bond acceptors (Lipinski definition) is 6. The molecule has 1 aromatic carbocycles. The first-order valence-electron chi connectivity index (χ1n) is 10.7. The van der Waals surface area contributed by atoms with E-state index >= 15 is 0 Å². The molecule has 0 aliphatic carbocycles. The molecule has 3 heterocycles. The van der Waals surface area contributed by atoms with Crippen LogP contribution in [0.5, 0.6) is 0 Å². The van der Waals surface area contributed by atoms with Crippen LogP contribution >= 0.6 is 0 Å². The zero-order valence-corrected chi connectivity index (χ0v) is 17.6. The minimum atomic E-state index is -0.431. The van der Waals surface area contributed by atoms with Crippen molar-refractivity contribution in [3.05, 3.63) is 60.6 Å². The molecule has 0 spiro atoms. The maximum absolute atomic E-state index is 13.0. The van der Waals surface area contributed by atoms with Crippen LogP contribution in [0.2, 0.25) is 0 Å². The van der Waals surface area contributed by atoms with E-state index in [1.807, 2.05) is 35.2 Å². The monoisotopic (exact) mass is 420 g/mol. The molecule has 1 aromatic heterocycles. The summed E-state index contributed by atoms with van der Waals surface area (Å²) >= 11 is 0. The largest absolute Gasteiger partial charge is 0.353 e. The molecule has 0 bridgehead atoms. The first kappa shape index (κ1) is 21.0. The van der Waals surface area contributed by atoms with E-state index < -0.39 is 6.04 Å². The number of benzene rings is 1. The molecule has 1 atom stereocenters. The molecule has 1 unspecified atom stereocenters. The molecule has 2 saturated heterocycles. The van der Waals surface area contributed by atoms with Gasteiger partial charge in [-0.1, -0.05) is 42.5 Å². The van der Waals surface area contributed by atoms with E-state index in [-0.39, 0.29) is 18.2 Å². The van der Waals surface area contributed by atoms with Crippen molar-refractivity contribution < 1.29 is 9.59 Å². The summed E-state index contributed by atoms with van der Waals surface area (Å²) in [4.78, 5) is 40.0. The van der Waals surface area contributed by atoms with Gasteiger partial charge in [-0.05, 0) is 5.56 Å². The number of amides is 2. The average molecular weight is 421 g/mol. The summed E-state index contributed by atoms with van der Waals surface area (Å²) in [6.45, 7) is 4.66. The lowest BCUT2D eigenvalue weighted by molar-refractivity contribution is -0.138. The lowest BCUT2D eigenvalue weighted by Gasteiger charge is -2.38. The van der Waals surface area contributed by atoms with Crippen molar-refractivity contribution in [1.29, 1.82) is 0 Å². The maximum atomic E-state index is 13.0. The molecular formula is C23H28N6O2. The van der Waals surface area contributed by atoms with Crippen LogP contribution in [0.4, 0.5) is 5.82 Å². The van der Waals surface area contributed by atoms with Crippen molar-refractivity contribution in [3.63, 3.8) is 0 Å². The maximum Gasteiger partial charge on any atom is 0.237 e. The number of rotatable bonds is 6. The molecule has 1 N–H and O–H groups in total. The lowest BCUT2D eigenvalue weighted by Crippen LogP contribution is -2.57. The molecule has 2 aliphatic rings. The van der Waals surface area contributed by atoms with Crippen LogP contribution in [0, 0.1) is 0 Å². The quantitative estimate of drug-likeness (QED) is 0.752. The van der Waals surface area contributed by atoms with Gasteiger partial charge in [0.2, 0.25) is 11.8 Å². The number of carbonyl (C=O) groups is 2. The van der Waals surface area contributed by atoms with Gasteiger partial charge in [0.05, 0.1) is 18.7 Å². The van der Waals surface area contributed by atoms with Crippen molar-refractivity contribution in [2.75, 3.05) is 50.7 Å². The normalized spacial score (nSPS) is 20.1. The van der Waals surface area contributed by atoms with Gasteiger partial charge < -0.3 is 15.1 Å². The fraction of sp³-hybridized carbons (Fsp3) is 0.391. The first-order chi connectivity index (χ1) is 15.2. The van der Waals surface area contributed by atoms with Crippen molar-refractivity contribution in [1.82, 2.24) is 25.1 Å². The van der Waals surface area contributed by atoms with Crippen molar-refractivity contribution in [2.45, 2.75) is 12.5 Å². The van der Waals surface area contributed by atoms with E-state index in [2.05, 4.69) is 37.2 Å². The zero-order valence-electron chi connectivity index (χ0n) is 17.6. The second-order valence-electron chi connectivity index (χ2n) is 7.75.